The summed E-state index contributed by atoms with van der Waals surface area (Å²) in [5.41, 5.74) is 8.10. The first-order chi connectivity index (χ1) is 14.0. The summed E-state index contributed by atoms with van der Waals surface area (Å²) in [4.78, 5) is 42.4. The first kappa shape index (κ1) is 20.9. The highest BCUT2D eigenvalue weighted by Crippen LogP contribution is 2.28. The molecule has 1 amide bonds. The van der Waals surface area contributed by atoms with Crippen LogP contribution in [0.2, 0.25) is 0 Å². The molecule has 1 fully saturated rings. The zero-order chi connectivity index (χ0) is 21.0. The average Bonchev–Trinajstić information content (AvgIpc) is 3.32. The van der Waals surface area contributed by atoms with Crippen LogP contribution in [0.25, 0.3) is 10.9 Å². The van der Waals surface area contributed by atoms with E-state index in [1.54, 1.807) is 13.8 Å². The van der Waals surface area contributed by atoms with Crippen molar-refractivity contribution < 1.29 is 23.9 Å². The van der Waals surface area contributed by atoms with E-state index in [-0.39, 0.29) is 19.6 Å². The molecule has 156 valence electrons. The highest BCUT2D eigenvalue weighted by atomic mass is 16.5. The standard InChI is InChI=1S/C21H27N3O5/c1-3-28-20(26)17-9-10-18(21(27)29-4-2)24(17)19(25)15(22)11-13-12-23-16-8-6-5-7-14(13)16/h5-8,12,15,17-18,23H,3-4,9-11,22H2,1-2H3/t15-,17+,18+/m1/s1. The molecular weight excluding hydrogens is 374 g/mol. The molecule has 0 spiro atoms. The Morgan fingerprint density at radius 2 is 1.69 bits per heavy atom. The number of likely N-dealkylation sites (tertiary alicyclic amines) is 1. The van der Waals surface area contributed by atoms with Crippen LogP contribution in [0.3, 0.4) is 0 Å². The fourth-order valence-electron chi connectivity index (χ4n) is 3.87. The second kappa shape index (κ2) is 9.09. The summed E-state index contributed by atoms with van der Waals surface area (Å²) in [6.45, 7) is 3.79. The zero-order valence-electron chi connectivity index (χ0n) is 16.7. The van der Waals surface area contributed by atoms with Gasteiger partial charge in [0.05, 0.1) is 19.3 Å². The van der Waals surface area contributed by atoms with E-state index in [1.165, 1.54) is 4.90 Å². The molecule has 3 atom stereocenters. The van der Waals surface area contributed by atoms with E-state index in [0.29, 0.717) is 12.8 Å². The molecule has 1 aromatic heterocycles. The number of aromatic nitrogens is 1. The molecule has 29 heavy (non-hydrogen) atoms. The Bertz CT molecular complexity index is 867. The van der Waals surface area contributed by atoms with Crippen molar-refractivity contribution in [2.24, 2.45) is 5.73 Å². The third-order valence-electron chi connectivity index (χ3n) is 5.19. The number of para-hydroxylation sites is 1. The second-order valence-corrected chi connectivity index (χ2v) is 7.03. The molecule has 0 saturated carbocycles. The van der Waals surface area contributed by atoms with Gasteiger partial charge in [0.25, 0.3) is 0 Å². The van der Waals surface area contributed by atoms with Crippen molar-refractivity contribution in [2.75, 3.05) is 13.2 Å². The lowest BCUT2D eigenvalue weighted by molar-refractivity contribution is -0.160. The van der Waals surface area contributed by atoms with Gasteiger partial charge in [0.15, 0.2) is 0 Å². The molecule has 2 aromatic rings. The van der Waals surface area contributed by atoms with Crippen molar-refractivity contribution in [2.45, 2.75) is 51.2 Å². The predicted molar refractivity (Wildman–Crippen MR) is 107 cm³/mol. The van der Waals surface area contributed by atoms with E-state index in [9.17, 15) is 14.4 Å². The first-order valence-corrected chi connectivity index (χ1v) is 9.93. The van der Waals surface area contributed by atoms with Gasteiger partial charge in [-0.15, -0.1) is 0 Å². The van der Waals surface area contributed by atoms with Crippen molar-refractivity contribution in [3.05, 3.63) is 36.0 Å². The number of nitrogens with zero attached hydrogens (tertiary/aromatic N) is 1. The number of rotatable bonds is 7. The predicted octanol–water partition coefficient (Wildman–Crippen LogP) is 1.52. The lowest BCUT2D eigenvalue weighted by Gasteiger charge is -2.30. The lowest BCUT2D eigenvalue weighted by atomic mass is 10.0. The normalized spacial score (nSPS) is 19.9. The summed E-state index contributed by atoms with van der Waals surface area (Å²) in [5.74, 6) is -1.50. The quantitative estimate of drug-likeness (QED) is 0.680. The summed E-state index contributed by atoms with van der Waals surface area (Å²) >= 11 is 0. The van der Waals surface area contributed by atoms with Gasteiger partial charge in [0.1, 0.15) is 12.1 Å². The number of H-pyrrole nitrogens is 1. The number of aromatic amines is 1. The molecule has 0 aliphatic carbocycles. The number of fused-ring (bicyclic) bond motifs is 1. The van der Waals surface area contributed by atoms with Gasteiger partial charge in [-0.1, -0.05) is 18.2 Å². The first-order valence-electron chi connectivity index (χ1n) is 9.93. The van der Waals surface area contributed by atoms with Gasteiger partial charge in [-0.05, 0) is 44.7 Å². The zero-order valence-corrected chi connectivity index (χ0v) is 16.7. The minimum atomic E-state index is -0.902. The molecule has 8 nitrogen and oxygen atoms in total. The number of hydrogen-bond donors (Lipinski definition) is 2. The van der Waals surface area contributed by atoms with Gasteiger partial charge in [-0.2, -0.15) is 0 Å². The average molecular weight is 401 g/mol. The van der Waals surface area contributed by atoms with Gasteiger partial charge in [0.2, 0.25) is 5.91 Å². The van der Waals surface area contributed by atoms with Crippen molar-refractivity contribution in [1.29, 1.82) is 0 Å². The maximum atomic E-state index is 13.2. The Labute approximate surface area is 169 Å². The number of hydrogen-bond acceptors (Lipinski definition) is 6. The third-order valence-corrected chi connectivity index (χ3v) is 5.19. The lowest BCUT2D eigenvalue weighted by Crippen LogP contribution is -2.54. The summed E-state index contributed by atoms with van der Waals surface area (Å²) < 4.78 is 10.2. The summed E-state index contributed by atoms with van der Waals surface area (Å²) in [5, 5.41) is 0.987. The molecule has 0 bridgehead atoms. The maximum absolute atomic E-state index is 13.2. The van der Waals surface area contributed by atoms with E-state index < -0.39 is 36.0 Å². The van der Waals surface area contributed by atoms with Crippen LogP contribution < -0.4 is 5.73 Å². The van der Waals surface area contributed by atoms with Crippen LogP contribution in [0.4, 0.5) is 0 Å². The molecule has 0 radical (unpaired) electrons. The van der Waals surface area contributed by atoms with Crippen molar-refractivity contribution in [3.63, 3.8) is 0 Å². The maximum Gasteiger partial charge on any atom is 0.328 e. The Kier molecular flexibility index (Phi) is 6.53. The van der Waals surface area contributed by atoms with Crippen LogP contribution in [-0.4, -0.2) is 59.1 Å². The van der Waals surface area contributed by atoms with Crippen LogP contribution in [0.1, 0.15) is 32.3 Å². The number of amides is 1. The van der Waals surface area contributed by atoms with E-state index in [4.69, 9.17) is 15.2 Å². The van der Waals surface area contributed by atoms with Gasteiger partial charge in [-0.3, -0.25) is 4.79 Å². The van der Waals surface area contributed by atoms with Crippen LogP contribution in [0.15, 0.2) is 30.5 Å². The number of ether oxygens (including phenoxy) is 2. The molecule has 2 heterocycles. The number of nitrogens with one attached hydrogen (secondary N) is 1. The number of carbonyl (C=O) groups excluding carboxylic acids is 3. The minimum absolute atomic E-state index is 0.197. The number of benzene rings is 1. The van der Waals surface area contributed by atoms with E-state index >= 15 is 0 Å². The minimum Gasteiger partial charge on any atom is -0.464 e. The summed E-state index contributed by atoms with van der Waals surface area (Å²) in [7, 11) is 0. The SMILES string of the molecule is CCOC(=O)[C@@H]1CC[C@@H](C(=O)OCC)N1C(=O)[C@H](N)Cc1c[nH]c2ccccc12. The molecule has 3 N–H and O–H groups in total. The highest BCUT2D eigenvalue weighted by Gasteiger charge is 2.46. The van der Waals surface area contributed by atoms with Crippen molar-refractivity contribution >= 4 is 28.7 Å². The van der Waals surface area contributed by atoms with Crippen LogP contribution in [0.5, 0.6) is 0 Å². The van der Waals surface area contributed by atoms with Crippen LogP contribution in [0, 0.1) is 0 Å². The van der Waals surface area contributed by atoms with Crippen molar-refractivity contribution in [3.8, 4) is 0 Å². The Morgan fingerprint density at radius 3 is 2.28 bits per heavy atom. The molecular formula is C21H27N3O5. The van der Waals surface area contributed by atoms with E-state index in [1.807, 2.05) is 30.5 Å². The van der Waals surface area contributed by atoms with Gasteiger partial charge in [0, 0.05) is 17.1 Å². The Balaban J connectivity index is 1.82. The van der Waals surface area contributed by atoms with Crippen LogP contribution in [-0.2, 0) is 30.3 Å². The molecule has 3 rings (SSSR count). The van der Waals surface area contributed by atoms with Gasteiger partial charge in [-0.25, -0.2) is 9.59 Å². The van der Waals surface area contributed by atoms with E-state index in [2.05, 4.69) is 4.98 Å². The number of nitrogens with two attached hydrogens (primary N) is 1. The summed E-state index contributed by atoms with van der Waals surface area (Å²) in [6.07, 6.45) is 2.79. The number of esters is 2. The monoisotopic (exact) mass is 401 g/mol. The molecule has 1 aromatic carbocycles. The summed E-state index contributed by atoms with van der Waals surface area (Å²) in [6, 6.07) is 5.18. The number of carbonyl (C=O) groups is 3. The van der Waals surface area contributed by atoms with E-state index in [0.717, 1.165) is 16.5 Å². The Hall–Kier alpha value is -2.87. The third kappa shape index (κ3) is 4.27. The van der Waals surface area contributed by atoms with Gasteiger partial charge < -0.3 is 25.1 Å². The fraction of sp³-hybridized carbons (Fsp3) is 0.476. The Morgan fingerprint density at radius 1 is 1.10 bits per heavy atom. The molecule has 8 heteroatoms. The van der Waals surface area contributed by atoms with Crippen LogP contribution >= 0.6 is 0 Å². The molecule has 1 saturated heterocycles. The smallest absolute Gasteiger partial charge is 0.328 e. The molecule has 1 aliphatic heterocycles. The van der Waals surface area contributed by atoms with Crippen molar-refractivity contribution in [1.82, 2.24) is 9.88 Å². The second-order valence-electron chi connectivity index (χ2n) is 7.03. The molecule has 1 aliphatic rings. The largest absolute Gasteiger partial charge is 0.464 e. The van der Waals surface area contributed by atoms with Gasteiger partial charge >= 0.3 is 11.9 Å². The fourth-order valence-corrected chi connectivity index (χ4v) is 3.87. The topological polar surface area (TPSA) is 115 Å². The molecule has 0 unspecified atom stereocenters. The highest BCUT2D eigenvalue weighted by molar-refractivity contribution is 5.93.